The van der Waals surface area contributed by atoms with Crippen molar-refractivity contribution in [1.82, 2.24) is 24.2 Å². The van der Waals surface area contributed by atoms with E-state index in [4.69, 9.17) is 0 Å². The Bertz CT molecular complexity index is 1390. The maximum atomic E-state index is 13.1. The number of carbonyl (C=O) groups excluding carboxylic acids is 1. The molecule has 1 aliphatic rings. The van der Waals surface area contributed by atoms with Crippen LogP contribution in [-0.2, 0) is 17.9 Å². The highest BCUT2D eigenvalue weighted by Crippen LogP contribution is 2.26. The van der Waals surface area contributed by atoms with E-state index in [0.29, 0.717) is 49.9 Å². The van der Waals surface area contributed by atoms with E-state index < -0.39 is 5.60 Å². The summed E-state index contributed by atoms with van der Waals surface area (Å²) < 4.78 is 3.18. The minimum atomic E-state index is -1.07. The van der Waals surface area contributed by atoms with Crippen molar-refractivity contribution in [3.05, 3.63) is 94.7 Å². The lowest BCUT2D eigenvalue weighted by molar-refractivity contribution is -0.136. The third kappa shape index (κ3) is 5.09. The van der Waals surface area contributed by atoms with E-state index in [1.807, 2.05) is 65.6 Å². The molecule has 3 heterocycles. The molecular formula is C28H31N5O3. The van der Waals surface area contributed by atoms with Crippen molar-refractivity contribution < 1.29 is 9.90 Å². The molecule has 4 aromatic rings. The molecule has 0 bridgehead atoms. The molecule has 36 heavy (non-hydrogen) atoms. The number of piperidine rings is 1. The van der Waals surface area contributed by atoms with E-state index in [1.165, 1.54) is 10.9 Å². The summed E-state index contributed by atoms with van der Waals surface area (Å²) in [7, 11) is 0. The summed E-state index contributed by atoms with van der Waals surface area (Å²) in [6, 6.07) is 19.9. The van der Waals surface area contributed by atoms with Gasteiger partial charge in [0.05, 0.1) is 24.9 Å². The van der Waals surface area contributed by atoms with Crippen LogP contribution in [0.3, 0.4) is 0 Å². The highest BCUT2D eigenvalue weighted by Gasteiger charge is 2.35. The van der Waals surface area contributed by atoms with E-state index in [-0.39, 0.29) is 23.9 Å². The number of aliphatic hydroxyl groups is 1. The van der Waals surface area contributed by atoms with Gasteiger partial charge in [0.25, 0.3) is 5.56 Å². The Morgan fingerprint density at radius 2 is 1.72 bits per heavy atom. The van der Waals surface area contributed by atoms with E-state index in [9.17, 15) is 14.7 Å². The molecule has 8 heteroatoms. The zero-order valence-corrected chi connectivity index (χ0v) is 20.5. The summed E-state index contributed by atoms with van der Waals surface area (Å²) in [5.74, 6) is 0.234. The summed E-state index contributed by atoms with van der Waals surface area (Å²) in [6.45, 7) is 3.66. The average Bonchev–Trinajstić information content (AvgIpc) is 3.30. The lowest BCUT2D eigenvalue weighted by atomic mass is 9.90. The molecule has 1 fully saturated rings. The van der Waals surface area contributed by atoms with Crippen molar-refractivity contribution >= 4 is 16.9 Å². The van der Waals surface area contributed by atoms with Crippen LogP contribution in [0.2, 0.25) is 0 Å². The molecule has 2 aromatic carbocycles. The summed E-state index contributed by atoms with van der Waals surface area (Å²) in [5.41, 5.74) is 1.46. The molecule has 1 unspecified atom stereocenters. The molecule has 1 saturated heterocycles. The van der Waals surface area contributed by atoms with Gasteiger partial charge in [-0.1, -0.05) is 67.6 Å². The third-order valence-corrected chi connectivity index (χ3v) is 7.16. The summed E-state index contributed by atoms with van der Waals surface area (Å²) in [6.07, 6.45) is 4.30. The summed E-state index contributed by atoms with van der Waals surface area (Å²) in [5, 5.41) is 16.0. The number of hydrogen-bond donors (Lipinski definition) is 1. The first kappa shape index (κ1) is 23.9. The van der Waals surface area contributed by atoms with Crippen molar-refractivity contribution in [3.8, 4) is 0 Å². The Morgan fingerprint density at radius 3 is 2.42 bits per heavy atom. The minimum Gasteiger partial charge on any atom is -0.388 e. The monoisotopic (exact) mass is 485 g/mol. The topological polar surface area (TPSA) is 93.2 Å². The number of nitrogens with zero attached hydrogens (tertiary/aromatic N) is 5. The van der Waals surface area contributed by atoms with Gasteiger partial charge < -0.3 is 10.0 Å². The van der Waals surface area contributed by atoms with Crippen LogP contribution in [0.5, 0.6) is 0 Å². The van der Waals surface area contributed by atoms with Gasteiger partial charge in [-0.05, 0) is 29.9 Å². The molecule has 0 saturated carbocycles. The number of rotatable bonds is 7. The van der Waals surface area contributed by atoms with Crippen molar-refractivity contribution in [1.29, 1.82) is 0 Å². The molecule has 1 aliphatic heterocycles. The van der Waals surface area contributed by atoms with Gasteiger partial charge in [0.2, 0.25) is 5.91 Å². The first-order valence-corrected chi connectivity index (χ1v) is 12.4. The number of hydrogen-bond acceptors (Lipinski definition) is 5. The van der Waals surface area contributed by atoms with Gasteiger partial charge >= 0.3 is 0 Å². The van der Waals surface area contributed by atoms with Crippen LogP contribution < -0.4 is 5.56 Å². The predicted octanol–water partition coefficient (Wildman–Crippen LogP) is 3.19. The van der Waals surface area contributed by atoms with E-state index in [0.717, 1.165) is 11.1 Å². The van der Waals surface area contributed by atoms with Crippen LogP contribution in [0, 0.1) is 0 Å². The number of aromatic nitrogens is 4. The van der Waals surface area contributed by atoms with Crippen LogP contribution in [0.1, 0.15) is 43.2 Å². The summed E-state index contributed by atoms with van der Waals surface area (Å²) >= 11 is 0. The van der Waals surface area contributed by atoms with Gasteiger partial charge in [0.1, 0.15) is 11.7 Å². The van der Waals surface area contributed by atoms with Gasteiger partial charge in [-0.2, -0.15) is 5.10 Å². The molecule has 5 rings (SSSR count). The molecule has 186 valence electrons. The van der Waals surface area contributed by atoms with Gasteiger partial charge in [0, 0.05) is 19.5 Å². The number of amides is 1. The van der Waals surface area contributed by atoms with Crippen LogP contribution in [0.15, 0.2) is 78.0 Å². The zero-order chi connectivity index (χ0) is 25.1. The summed E-state index contributed by atoms with van der Waals surface area (Å²) in [4.78, 5) is 32.3. The second-order valence-corrected chi connectivity index (χ2v) is 9.82. The fraction of sp³-hybridized carbons (Fsp3) is 0.357. The van der Waals surface area contributed by atoms with Crippen LogP contribution in [-0.4, -0.2) is 53.9 Å². The van der Waals surface area contributed by atoms with Crippen molar-refractivity contribution in [2.45, 2.75) is 50.8 Å². The highest BCUT2D eigenvalue weighted by atomic mass is 16.3. The van der Waals surface area contributed by atoms with Crippen LogP contribution >= 0.6 is 0 Å². The molecule has 1 atom stereocenters. The van der Waals surface area contributed by atoms with Gasteiger partial charge in [0.15, 0.2) is 5.65 Å². The Morgan fingerprint density at radius 1 is 1.06 bits per heavy atom. The van der Waals surface area contributed by atoms with Crippen LogP contribution in [0.4, 0.5) is 0 Å². The Kier molecular flexibility index (Phi) is 6.69. The maximum absolute atomic E-state index is 13.1. The molecule has 1 N–H and O–H groups in total. The van der Waals surface area contributed by atoms with E-state index in [1.54, 1.807) is 10.9 Å². The molecular weight excluding hydrogens is 454 g/mol. The second-order valence-electron chi connectivity index (χ2n) is 9.82. The Labute approximate surface area is 209 Å². The number of benzene rings is 2. The second kappa shape index (κ2) is 10.1. The normalized spacial score (nSPS) is 16.2. The number of carbonyl (C=O) groups is 1. The zero-order valence-electron chi connectivity index (χ0n) is 20.5. The van der Waals surface area contributed by atoms with Gasteiger partial charge in [-0.3, -0.25) is 14.2 Å². The van der Waals surface area contributed by atoms with Gasteiger partial charge in [-0.15, -0.1) is 0 Å². The average molecular weight is 486 g/mol. The largest absolute Gasteiger partial charge is 0.388 e. The third-order valence-electron chi connectivity index (χ3n) is 7.16. The fourth-order valence-electron chi connectivity index (χ4n) is 4.92. The number of fused-ring (bicyclic) bond motifs is 1. The number of likely N-dealkylation sites (tertiary alicyclic amines) is 1. The molecule has 0 spiro atoms. The van der Waals surface area contributed by atoms with Crippen molar-refractivity contribution in [2.75, 3.05) is 13.1 Å². The standard InChI is InChI=1S/C28H31N5O3/c1-21(23-10-6-3-7-11-23)16-25(34)31-14-12-28(36,13-15-31)19-32-20-29-26-24(27(32)35)17-30-33(26)18-22-8-4-2-5-9-22/h2-11,17,20-21,36H,12-16,18-19H2,1H3. The lowest BCUT2D eigenvalue weighted by Gasteiger charge is -2.38. The van der Waals surface area contributed by atoms with Gasteiger partial charge in [-0.25, -0.2) is 9.67 Å². The Balaban J connectivity index is 1.22. The first-order chi connectivity index (χ1) is 17.4. The molecule has 0 radical (unpaired) electrons. The quantitative estimate of drug-likeness (QED) is 0.434. The van der Waals surface area contributed by atoms with Crippen molar-refractivity contribution in [2.24, 2.45) is 0 Å². The van der Waals surface area contributed by atoms with E-state index >= 15 is 0 Å². The van der Waals surface area contributed by atoms with Crippen LogP contribution in [0.25, 0.3) is 11.0 Å². The molecule has 0 aliphatic carbocycles. The predicted molar refractivity (Wildman–Crippen MR) is 138 cm³/mol. The fourth-order valence-corrected chi connectivity index (χ4v) is 4.92. The smallest absolute Gasteiger partial charge is 0.264 e. The maximum Gasteiger partial charge on any atom is 0.264 e. The Hall–Kier alpha value is -3.78. The first-order valence-electron chi connectivity index (χ1n) is 12.4. The molecule has 1 amide bonds. The van der Waals surface area contributed by atoms with E-state index in [2.05, 4.69) is 17.0 Å². The van der Waals surface area contributed by atoms with Crippen molar-refractivity contribution in [3.63, 3.8) is 0 Å². The highest BCUT2D eigenvalue weighted by molar-refractivity contribution is 5.77. The minimum absolute atomic E-state index is 0.0967. The lowest BCUT2D eigenvalue weighted by Crippen LogP contribution is -2.49. The SMILES string of the molecule is CC(CC(=O)N1CCC(O)(Cn2cnc3c(cnn3Cc3ccccc3)c2=O)CC1)c1ccccc1. The molecule has 8 nitrogen and oxygen atoms in total. The molecule has 2 aromatic heterocycles.